The third-order valence-corrected chi connectivity index (χ3v) is 3.00. The number of hydrogen-bond donors (Lipinski definition) is 2. The smallest absolute Gasteiger partial charge is 0.154 e. The number of fused-ring (bicyclic) bond motifs is 1. The third kappa shape index (κ3) is 2.39. The molecule has 0 aromatic carbocycles. The van der Waals surface area contributed by atoms with Crippen molar-refractivity contribution in [3.63, 3.8) is 0 Å². The van der Waals surface area contributed by atoms with E-state index in [4.69, 9.17) is 5.73 Å². The number of pyridine rings is 1. The fourth-order valence-corrected chi connectivity index (χ4v) is 1.64. The summed E-state index contributed by atoms with van der Waals surface area (Å²) < 4.78 is 1.98. The lowest BCUT2D eigenvalue weighted by Gasteiger charge is -2.16. The predicted molar refractivity (Wildman–Crippen MR) is 69.8 cm³/mol. The number of nitrogens with one attached hydrogen (secondary N) is 1. The molecule has 2 rings (SSSR count). The second kappa shape index (κ2) is 4.71. The largest absolute Gasteiger partial charge is 0.367 e. The van der Waals surface area contributed by atoms with Crippen LogP contribution in [0.4, 0.5) is 5.82 Å². The van der Waals surface area contributed by atoms with Gasteiger partial charge in [0.25, 0.3) is 0 Å². The van der Waals surface area contributed by atoms with Crippen LogP contribution < -0.4 is 11.1 Å². The molecule has 1 unspecified atom stereocenters. The first kappa shape index (κ1) is 11.9. The van der Waals surface area contributed by atoms with Gasteiger partial charge in [0.2, 0.25) is 0 Å². The lowest BCUT2D eigenvalue weighted by molar-refractivity contribution is 0.511. The van der Waals surface area contributed by atoms with E-state index in [0.717, 1.165) is 16.9 Å². The molecule has 2 aromatic rings. The maximum Gasteiger partial charge on any atom is 0.154 e. The van der Waals surface area contributed by atoms with Gasteiger partial charge in [0.05, 0.1) is 11.8 Å². The van der Waals surface area contributed by atoms with Crippen LogP contribution in [-0.2, 0) is 7.05 Å². The minimum absolute atomic E-state index is 0.121. The molecule has 0 saturated heterocycles. The SMILES string of the molecule is CC(C)C(N)CNc1nccc2c1ncn2C. The fraction of sp³-hybridized carbons (Fsp3) is 0.500. The number of anilines is 1. The van der Waals surface area contributed by atoms with Crippen LogP contribution in [0.15, 0.2) is 18.6 Å². The van der Waals surface area contributed by atoms with E-state index in [2.05, 4.69) is 29.1 Å². The average Bonchev–Trinajstić information content (AvgIpc) is 2.69. The molecule has 0 amide bonds. The Bertz CT molecular complexity index is 503. The van der Waals surface area contributed by atoms with Crippen LogP contribution in [0.5, 0.6) is 0 Å². The van der Waals surface area contributed by atoms with Gasteiger partial charge in [-0.1, -0.05) is 13.8 Å². The van der Waals surface area contributed by atoms with Gasteiger partial charge in [-0.25, -0.2) is 9.97 Å². The molecule has 2 aromatic heterocycles. The zero-order valence-corrected chi connectivity index (χ0v) is 10.5. The highest BCUT2D eigenvalue weighted by atomic mass is 15.1. The molecule has 3 N–H and O–H groups in total. The Hall–Kier alpha value is -1.62. The van der Waals surface area contributed by atoms with Gasteiger partial charge in [-0.05, 0) is 12.0 Å². The van der Waals surface area contributed by atoms with Crippen LogP contribution >= 0.6 is 0 Å². The van der Waals surface area contributed by atoms with Crippen molar-refractivity contribution in [3.8, 4) is 0 Å². The monoisotopic (exact) mass is 233 g/mol. The van der Waals surface area contributed by atoms with Crippen molar-refractivity contribution in [1.29, 1.82) is 0 Å². The topological polar surface area (TPSA) is 68.8 Å². The van der Waals surface area contributed by atoms with E-state index in [0.29, 0.717) is 12.5 Å². The van der Waals surface area contributed by atoms with E-state index >= 15 is 0 Å². The van der Waals surface area contributed by atoms with Gasteiger partial charge in [-0.3, -0.25) is 0 Å². The van der Waals surface area contributed by atoms with Gasteiger partial charge in [0, 0.05) is 25.8 Å². The van der Waals surface area contributed by atoms with E-state index in [1.165, 1.54) is 0 Å². The molecule has 5 heteroatoms. The zero-order valence-electron chi connectivity index (χ0n) is 10.5. The summed E-state index contributed by atoms with van der Waals surface area (Å²) in [5.41, 5.74) is 7.96. The lowest BCUT2D eigenvalue weighted by Crippen LogP contribution is -2.34. The second-order valence-electron chi connectivity index (χ2n) is 4.67. The normalized spacial score (nSPS) is 13.2. The molecule has 0 aliphatic carbocycles. The predicted octanol–water partition coefficient (Wildman–Crippen LogP) is 1.36. The van der Waals surface area contributed by atoms with Gasteiger partial charge in [-0.15, -0.1) is 0 Å². The zero-order chi connectivity index (χ0) is 12.4. The van der Waals surface area contributed by atoms with Gasteiger partial charge < -0.3 is 15.6 Å². The van der Waals surface area contributed by atoms with Crippen molar-refractivity contribution < 1.29 is 0 Å². The Morgan fingerprint density at radius 1 is 1.41 bits per heavy atom. The summed E-state index contributed by atoms with van der Waals surface area (Å²) in [6.45, 7) is 4.93. The number of nitrogens with two attached hydrogens (primary N) is 1. The molecule has 0 saturated carbocycles. The summed E-state index contributed by atoms with van der Waals surface area (Å²) in [6, 6.07) is 2.08. The Morgan fingerprint density at radius 2 is 2.18 bits per heavy atom. The number of nitrogens with zero attached hydrogens (tertiary/aromatic N) is 3. The van der Waals surface area contributed by atoms with Crippen LogP contribution in [-0.4, -0.2) is 27.1 Å². The minimum atomic E-state index is 0.121. The molecule has 0 radical (unpaired) electrons. The number of rotatable bonds is 4. The van der Waals surface area contributed by atoms with Crippen molar-refractivity contribution in [2.24, 2.45) is 18.7 Å². The molecule has 1 atom stereocenters. The Balaban J connectivity index is 2.19. The van der Waals surface area contributed by atoms with E-state index in [1.807, 2.05) is 17.7 Å². The summed E-state index contributed by atoms with van der Waals surface area (Å²) in [6.07, 6.45) is 3.58. The average molecular weight is 233 g/mol. The molecule has 0 spiro atoms. The molecule has 92 valence electrons. The van der Waals surface area contributed by atoms with E-state index in [-0.39, 0.29) is 6.04 Å². The first-order valence-electron chi connectivity index (χ1n) is 5.85. The molecular formula is C12H19N5. The molecule has 0 bridgehead atoms. The molecule has 17 heavy (non-hydrogen) atoms. The quantitative estimate of drug-likeness (QED) is 0.836. The minimum Gasteiger partial charge on any atom is -0.367 e. The fourth-order valence-electron chi connectivity index (χ4n) is 1.64. The summed E-state index contributed by atoms with van der Waals surface area (Å²) in [5, 5.41) is 3.27. The van der Waals surface area contributed by atoms with Crippen molar-refractivity contribution >= 4 is 16.9 Å². The number of aromatic nitrogens is 3. The van der Waals surface area contributed by atoms with Crippen LogP contribution in [0.2, 0.25) is 0 Å². The molecule has 0 aliphatic heterocycles. The van der Waals surface area contributed by atoms with Gasteiger partial charge in [-0.2, -0.15) is 0 Å². The van der Waals surface area contributed by atoms with Crippen molar-refractivity contribution in [2.75, 3.05) is 11.9 Å². The number of imidazole rings is 1. The lowest BCUT2D eigenvalue weighted by atomic mass is 10.1. The highest BCUT2D eigenvalue weighted by Gasteiger charge is 2.10. The maximum atomic E-state index is 6.00. The van der Waals surface area contributed by atoms with E-state index in [1.54, 1.807) is 12.5 Å². The second-order valence-corrected chi connectivity index (χ2v) is 4.67. The number of aryl methyl sites for hydroxylation is 1. The highest BCUT2D eigenvalue weighted by molar-refractivity contribution is 5.85. The van der Waals surface area contributed by atoms with Crippen LogP contribution in [0.25, 0.3) is 11.0 Å². The molecular weight excluding hydrogens is 214 g/mol. The first-order valence-corrected chi connectivity index (χ1v) is 5.85. The summed E-state index contributed by atoms with van der Waals surface area (Å²) in [7, 11) is 1.97. The van der Waals surface area contributed by atoms with Crippen molar-refractivity contribution in [3.05, 3.63) is 18.6 Å². The Labute approximate surface area is 101 Å². The Morgan fingerprint density at radius 3 is 2.88 bits per heavy atom. The first-order chi connectivity index (χ1) is 8.09. The van der Waals surface area contributed by atoms with Crippen LogP contribution in [0, 0.1) is 5.92 Å². The standard InChI is InChI=1S/C12H19N5/c1-8(2)9(13)6-15-12-11-10(4-5-14-12)17(3)7-16-11/h4-5,7-9H,6,13H2,1-3H3,(H,14,15). The van der Waals surface area contributed by atoms with Crippen LogP contribution in [0.1, 0.15) is 13.8 Å². The van der Waals surface area contributed by atoms with Crippen LogP contribution in [0.3, 0.4) is 0 Å². The number of hydrogen-bond acceptors (Lipinski definition) is 4. The molecule has 0 fully saturated rings. The highest BCUT2D eigenvalue weighted by Crippen LogP contribution is 2.18. The van der Waals surface area contributed by atoms with Crippen molar-refractivity contribution in [2.45, 2.75) is 19.9 Å². The summed E-state index contributed by atoms with van der Waals surface area (Å²) in [5.74, 6) is 1.25. The van der Waals surface area contributed by atoms with E-state index in [9.17, 15) is 0 Å². The van der Waals surface area contributed by atoms with Crippen molar-refractivity contribution in [1.82, 2.24) is 14.5 Å². The van der Waals surface area contributed by atoms with Gasteiger partial charge >= 0.3 is 0 Å². The van der Waals surface area contributed by atoms with Gasteiger partial charge in [0.1, 0.15) is 5.52 Å². The summed E-state index contributed by atoms with van der Waals surface area (Å²) >= 11 is 0. The third-order valence-electron chi connectivity index (χ3n) is 3.00. The molecule has 0 aliphatic rings. The molecule has 5 nitrogen and oxygen atoms in total. The maximum absolute atomic E-state index is 6.00. The molecule has 2 heterocycles. The van der Waals surface area contributed by atoms with E-state index < -0.39 is 0 Å². The summed E-state index contributed by atoms with van der Waals surface area (Å²) in [4.78, 5) is 8.65. The van der Waals surface area contributed by atoms with Gasteiger partial charge in [0.15, 0.2) is 5.82 Å². The Kier molecular flexibility index (Phi) is 3.28.